The van der Waals surface area contributed by atoms with Crippen molar-refractivity contribution >= 4 is 22.5 Å². The Morgan fingerprint density at radius 2 is 0.377 bits per heavy atom. The summed E-state index contributed by atoms with van der Waals surface area (Å²) < 4.78 is 2.09. The molecule has 0 spiro atoms. The number of hydrogen-bond donors (Lipinski definition) is 1. The van der Waals surface area contributed by atoms with Crippen LogP contribution in [0.4, 0.5) is 5.82 Å². The number of aryl methyl sites for hydroxylation is 1. The fraction of sp³-hybridized carbons (Fsp3) is 0.891. The van der Waals surface area contributed by atoms with E-state index < -0.39 is 0 Å². The molecule has 664 valence electrons. The topological polar surface area (TPSA) is 57.8 Å². The van der Waals surface area contributed by atoms with Gasteiger partial charge >= 0.3 is 0 Å². The van der Waals surface area contributed by atoms with Crippen molar-refractivity contribution in [3.05, 3.63) is 41.6 Å². The zero-order valence-electron chi connectivity index (χ0n) is 77.8. The summed E-state index contributed by atoms with van der Waals surface area (Å²) in [5.74, 6) is 1.04. The number of rotatable bonds is 2. The number of nitriles is 1. The van der Waals surface area contributed by atoms with Gasteiger partial charge in [-0.2, -0.15) is 5.26 Å². The number of hydrogen-bond acceptors (Lipinski definition) is 3. The third-order valence-electron chi connectivity index (χ3n) is 27.2. The van der Waals surface area contributed by atoms with Crippen molar-refractivity contribution in [2.75, 3.05) is 5.32 Å². The molecule has 0 unspecified atom stereocenters. The fourth-order valence-electron chi connectivity index (χ4n) is 19.3. The van der Waals surface area contributed by atoms with Gasteiger partial charge in [-0.3, -0.25) is 4.79 Å². The van der Waals surface area contributed by atoms with Crippen LogP contribution in [0.3, 0.4) is 0 Å². The van der Waals surface area contributed by atoms with Crippen LogP contribution in [0.15, 0.2) is 36.0 Å². The molecule has 0 amide bonds. The van der Waals surface area contributed by atoms with E-state index in [2.05, 4.69) is 22.0 Å². The van der Waals surface area contributed by atoms with Gasteiger partial charge in [0.05, 0.1) is 5.52 Å². The standard InChI is InChI=1S/C110H203N3O/c1-113-109-102-98-97-101-107(109)108(104-111)110(113)112-105-99-95-93-91-89-87-85-83-81-79-77-75-73-71-69-67-65-63-61-59-57-55-53-51-49-47-45-43-41-39-37-35-33-31-29-27-25-23-21-19-17-15-13-11-9-7-5-3-2-4-6-8-10-12-14-16-18-20-22-24-26-28-30-32-34-36-38-40-42-44-46-48-50-52-54-56-58-60-62-64-66-68-70-72-74-76-78-80-82-84-86-88-90-92-94-96-100-106(114)103-105/h97-98,101-103,112H,2-96,99-100H2,1H3. The summed E-state index contributed by atoms with van der Waals surface area (Å²) in [6.07, 6.45) is 141. The van der Waals surface area contributed by atoms with Gasteiger partial charge in [0.1, 0.15) is 17.5 Å². The summed E-state index contributed by atoms with van der Waals surface area (Å²) in [5.41, 5.74) is 2.68. The lowest BCUT2D eigenvalue weighted by atomic mass is 10.0. The number of carbonyl (C=O) groups excluding carboxylic acids is 1. The van der Waals surface area contributed by atoms with Crippen molar-refractivity contribution in [1.29, 1.82) is 5.26 Å². The van der Waals surface area contributed by atoms with Crippen molar-refractivity contribution in [2.45, 2.75) is 623 Å². The first-order chi connectivity index (χ1) is 56.7. The van der Waals surface area contributed by atoms with Gasteiger partial charge < -0.3 is 9.88 Å². The van der Waals surface area contributed by atoms with Crippen LogP contribution in [0.1, 0.15) is 628 Å². The van der Waals surface area contributed by atoms with E-state index in [1.54, 1.807) is 0 Å². The number of anilines is 1. The minimum Gasteiger partial charge on any atom is -0.344 e. The second kappa shape index (κ2) is 88.3. The molecule has 1 aromatic heterocycles. The zero-order chi connectivity index (χ0) is 80.6. The van der Waals surface area contributed by atoms with Gasteiger partial charge in [-0.15, -0.1) is 0 Å². The third kappa shape index (κ3) is 71.2. The predicted molar refractivity (Wildman–Crippen MR) is 512 cm³/mol. The second-order valence-electron chi connectivity index (χ2n) is 38.3. The molecule has 4 heteroatoms. The molecule has 0 radical (unpaired) electrons. The first kappa shape index (κ1) is 106. The Hall–Kier alpha value is -2.54. The molecule has 4 nitrogen and oxygen atoms in total. The number of para-hydroxylation sites is 1. The molecule has 1 aliphatic carbocycles. The Bertz CT molecular complexity index is 2320. The molecule has 1 N–H and O–H groups in total. The van der Waals surface area contributed by atoms with E-state index in [1.165, 1.54) is 591 Å². The third-order valence-corrected chi connectivity index (χ3v) is 27.2. The largest absolute Gasteiger partial charge is 0.344 e. The molecule has 1 aromatic carbocycles. The van der Waals surface area contributed by atoms with Gasteiger partial charge in [0.25, 0.3) is 0 Å². The summed E-state index contributed by atoms with van der Waals surface area (Å²) in [7, 11) is 2.03. The van der Waals surface area contributed by atoms with Crippen LogP contribution in [0.2, 0.25) is 0 Å². The monoisotopic (exact) mass is 1580 g/mol. The first-order valence-electron chi connectivity index (χ1n) is 53.7. The van der Waals surface area contributed by atoms with Crippen molar-refractivity contribution in [2.24, 2.45) is 7.05 Å². The van der Waals surface area contributed by atoms with Crippen molar-refractivity contribution in [3.8, 4) is 6.07 Å². The van der Waals surface area contributed by atoms with Crippen LogP contribution in [-0.4, -0.2) is 10.4 Å². The molecular formula is C110H203N3O. The maximum absolute atomic E-state index is 13.5. The number of nitrogens with one attached hydrogen (secondary N) is 1. The van der Waals surface area contributed by atoms with Crippen LogP contribution in [0.25, 0.3) is 10.9 Å². The Morgan fingerprint density at radius 3 is 0.544 bits per heavy atom. The van der Waals surface area contributed by atoms with Crippen LogP contribution < -0.4 is 5.32 Å². The Morgan fingerprint density at radius 1 is 0.228 bits per heavy atom. The van der Waals surface area contributed by atoms with Crippen molar-refractivity contribution in [3.63, 3.8) is 0 Å². The summed E-state index contributed by atoms with van der Waals surface area (Å²) in [6.45, 7) is 0. The molecule has 3 rings (SSSR count). The van der Waals surface area contributed by atoms with Gasteiger partial charge in [-0.05, 0) is 25.3 Å². The quantitative estimate of drug-likeness (QED) is 0.326. The lowest BCUT2D eigenvalue weighted by Crippen LogP contribution is -2.08. The minimum atomic E-state index is 0.227. The fourth-order valence-corrected chi connectivity index (χ4v) is 19.3. The molecule has 0 atom stereocenters. The Kier molecular flexibility index (Phi) is 81.8. The number of aromatic nitrogens is 1. The van der Waals surface area contributed by atoms with Crippen LogP contribution in [0, 0.1) is 11.3 Å². The molecule has 1 heterocycles. The molecule has 0 aliphatic heterocycles. The number of carbonyl (C=O) groups is 1. The number of benzene rings is 1. The van der Waals surface area contributed by atoms with Crippen LogP contribution in [0.5, 0.6) is 0 Å². The number of ketones is 1. The molecular weight excluding hydrogens is 1380 g/mol. The van der Waals surface area contributed by atoms with E-state index >= 15 is 0 Å². The zero-order valence-corrected chi connectivity index (χ0v) is 77.8. The Labute approximate surface area is 715 Å². The van der Waals surface area contributed by atoms with Gasteiger partial charge in [0.15, 0.2) is 5.78 Å². The van der Waals surface area contributed by atoms with E-state index in [1.807, 2.05) is 31.3 Å². The van der Waals surface area contributed by atoms with Crippen molar-refractivity contribution < 1.29 is 4.79 Å². The summed E-state index contributed by atoms with van der Waals surface area (Å²) >= 11 is 0. The highest BCUT2D eigenvalue weighted by molar-refractivity contribution is 5.94. The molecule has 0 saturated carbocycles. The van der Waals surface area contributed by atoms with Crippen LogP contribution in [-0.2, 0) is 11.8 Å². The highest BCUT2D eigenvalue weighted by atomic mass is 16.1. The average molecular weight is 1580 g/mol. The van der Waals surface area contributed by atoms with E-state index in [-0.39, 0.29) is 5.78 Å². The molecule has 0 saturated heterocycles. The SMILES string of the molecule is Cn1c(NC2=CC(=O)CCCCCCCCCCCCCCCCCCCCCCCCCCCCCCCCCCCCCCCCCCCCCCCCCCCCCCCCCCCCCCCCCCCCCCCCCCCCCCCCCCCCCCCCCCCCCCCCC2)c(C#N)c2ccccc21. The average Bonchev–Trinajstić information content (AvgIpc) is 1.63. The molecule has 0 bridgehead atoms. The molecule has 114 heavy (non-hydrogen) atoms. The number of allylic oxidation sites excluding steroid dienone is 2. The Balaban J connectivity index is 1.18. The van der Waals surface area contributed by atoms with Gasteiger partial charge in [0.2, 0.25) is 0 Å². The molecule has 1 aliphatic rings. The van der Waals surface area contributed by atoms with E-state index in [0.717, 1.165) is 48.1 Å². The predicted octanol–water partition coefficient (Wildman–Crippen LogP) is 39.8. The summed E-state index contributed by atoms with van der Waals surface area (Å²) in [6, 6.07) is 10.6. The number of fused-ring (bicyclic) bond motifs is 1. The molecule has 0 fully saturated rings. The van der Waals surface area contributed by atoms with Gasteiger partial charge in [-0.25, -0.2) is 0 Å². The van der Waals surface area contributed by atoms with Crippen LogP contribution >= 0.6 is 0 Å². The van der Waals surface area contributed by atoms with Crippen molar-refractivity contribution in [1.82, 2.24) is 4.57 Å². The first-order valence-corrected chi connectivity index (χ1v) is 53.7. The lowest BCUT2D eigenvalue weighted by Gasteiger charge is -2.13. The maximum atomic E-state index is 13.5. The lowest BCUT2D eigenvalue weighted by molar-refractivity contribution is -0.114. The van der Waals surface area contributed by atoms with E-state index in [4.69, 9.17) is 0 Å². The van der Waals surface area contributed by atoms with E-state index in [0.29, 0.717) is 12.0 Å². The van der Waals surface area contributed by atoms with Gasteiger partial charge in [0, 0.05) is 30.6 Å². The smallest absolute Gasteiger partial charge is 0.157 e. The maximum Gasteiger partial charge on any atom is 0.157 e. The number of nitrogens with zero attached hydrogens (tertiary/aromatic N) is 2. The summed E-state index contributed by atoms with van der Waals surface area (Å²) in [5, 5.41) is 14.9. The highest BCUT2D eigenvalue weighted by Gasteiger charge is 2.17. The molecule has 2 aromatic rings. The highest BCUT2D eigenvalue weighted by Crippen LogP contribution is 2.32. The van der Waals surface area contributed by atoms with Gasteiger partial charge in [-0.1, -0.05) is 615 Å². The minimum absolute atomic E-state index is 0.227. The van der Waals surface area contributed by atoms with E-state index in [9.17, 15) is 10.1 Å². The second-order valence-corrected chi connectivity index (χ2v) is 38.3. The normalized spacial score (nSPS) is 22.4. The summed E-state index contributed by atoms with van der Waals surface area (Å²) in [4.78, 5) is 13.5.